The molecule has 0 aliphatic carbocycles. The van der Waals surface area contributed by atoms with Crippen LogP contribution in [0.5, 0.6) is 0 Å². The van der Waals surface area contributed by atoms with E-state index in [9.17, 15) is 0 Å². The number of aromatic amines is 1. The van der Waals surface area contributed by atoms with E-state index in [1.54, 1.807) is 6.20 Å². The van der Waals surface area contributed by atoms with Crippen molar-refractivity contribution in [3.63, 3.8) is 0 Å². The SMILES string of the molecule is NCC#Cc1c[nH]c2ncc(Br)cc12. The van der Waals surface area contributed by atoms with Gasteiger partial charge >= 0.3 is 0 Å². The fraction of sp³-hybridized carbons (Fsp3) is 0.100. The Morgan fingerprint density at radius 2 is 2.43 bits per heavy atom. The molecule has 0 aliphatic rings. The standard InChI is InChI=1S/C10H8BrN3/c11-8-4-9-7(2-1-3-12)5-13-10(9)14-6-8/h4-6H,3,12H2,(H,13,14). The summed E-state index contributed by atoms with van der Waals surface area (Å²) in [4.78, 5) is 7.26. The summed E-state index contributed by atoms with van der Waals surface area (Å²) in [6.07, 6.45) is 3.59. The number of hydrogen-bond acceptors (Lipinski definition) is 2. The van der Waals surface area contributed by atoms with Crippen molar-refractivity contribution in [2.24, 2.45) is 5.73 Å². The van der Waals surface area contributed by atoms with Gasteiger partial charge < -0.3 is 10.7 Å². The van der Waals surface area contributed by atoms with Gasteiger partial charge in [-0.25, -0.2) is 4.98 Å². The third-order valence-corrected chi connectivity index (χ3v) is 2.26. The zero-order valence-electron chi connectivity index (χ0n) is 7.34. The summed E-state index contributed by atoms with van der Waals surface area (Å²) in [6, 6.07) is 1.99. The third-order valence-electron chi connectivity index (χ3n) is 1.82. The Hall–Kier alpha value is -1.31. The van der Waals surface area contributed by atoms with Gasteiger partial charge in [0.1, 0.15) is 5.65 Å². The lowest BCUT2D eigenvalue weighted by molar-refractivity contribution is 1.30. The molecule has 3 nitrogen and oxygen atoms in total. The summed E-state index contributed by atoms with van der Waals surface area (Å²) in [6.45, 7) is 0.369. The summed E-state index contributed by atoms with van der Waals surface area (Å²) in [5, 5.41) is 1.01. The highest BCUT2D eigenvalue weighted by Crippen LogP contribution is 2.19. The number of fused-ring (bicyclic) bond motifs is 1. The average Bonchev–Trinajstić information content (AvgIpc) is 2.57. The predicted molar refractivity (Wildman–Crippen MR) is 59.7 cm³/mol. The monoisotopic (exact) mass is 249 g/mol. The van der Waals surface area contributed by atoms with Gasteiger partial charge in [-0.05, 0) is 22.0 Å². The smallest absolute Gasteiger partial charge is 0.138 e. The van der Waals surface area contributed by atoms with Crippen LogP contribution in [-0.2, 0) is 0 Å². The molecule has 0 aliphatic heterocycles. The van der Waals surface area contributed by atoms with Crippen LogP contribution in [0.2, 0.25) is 0 Å². The second-order valence-corrected chi connectivity index (χ2v) is 3.67. The highest BCUT2D eigenvalue weighted by atomic mass is 79.9. The van der Waals surface area contributed by atoms with Gasteiger partial charge in [-0.1, -0.05) is 11.8 Å². The minimum Gasteiger partial charge on any atom is -0.345 e. The van der Waals surface area contributed by atoms with Crippen molar-refractivity contribution in [2.45, 2.75) is 0 Å². The second-order valence-electron chi connectivity index (χ2n) is 2.76. The fourth-order valence-corrected chi connectivity index (χ4v) is 1.56. The van der Waals surface area contributed by atoms with Gasteiger partial charge in [-0.2, -0.15) is 0 Å². The van der Waals surface area contributed by atoms with Gasteiger partial charge in [-0.3, -0.25) is 0 Å². The van der Waals surface area contributed by atoms with Crippen LogP contribution in [0.25, 0.3) is 11.0 Å². The fourth-order valence-electron chi connectivity index (χ4n) is 1.23. The van der Waals surface area contributed by atoms with E-state index in [1.165, 1.54) is 0 Å². The van der Waals surface area contributed by atoms with E-state index in [4.69, 9.17) is 5.73 Å². The second kappa shape index (κ2) is 3.82. The van der Waals surface area contributed by atoms with Crippen LogP contribution in [0.1, 0.15) is 5.56 Å². The third kappa shape index (κ3) is 1.65. The molecule has 0 saturated heterocycles. The Kier molecular flexibility index (Phi) is 2.53. The molecule has 2 aromatic rings. The van der Waals surface area contributed by atoms with E-state index < -0.39 is 0 Å². The minimum absolute atomic E-state index is 0.369. The summed E-state index contributed by atoms with van der Waals surface area (Å²) >= 11 is 3.37. The summed E-state index contributed by atoms with van der Waals surface area (Å²) in [5.74, 6) is 5.80. The van der Waals surface area contributed by atoms with Gasteiger partial charge in [0.2, 0.25) is 0 Å². The van der Waals surface area contributed by atoms with Gasteiger partial charge in [0, 0.05) is 22.3 Å². The molecule has 0 atom stereocenters. The number of nitrogens with zero attached hydrogens (tertiary/aromatic N) is 1. The van der Waals surface area contributed by atoms with Gasteiger partial charge in [0.25, 0.3) is 0 Å². The number of nitrogens with two attached hydrogens (primary N) is 1. The summed E-state index contributed by atoms with van der Waals surface area (Å²) in [5.41, 5.74) is 7.08. The first-order valence-electron chi connectivity index (χ1n) is 4.13. The van der Waals surface area contributed by atoms with E-state index in [1.807, 2.05) is 12.3 Å². The first kappa shape index (κ1) is 9.25. The van der Waals surface area contributed by atoms with Crippen molar-refractivity contribution in [3.8, 4) is 11.8 Å². The molecular formula is C10H8BrN3. The molecule has 0 radical (unpaired) electrons. The van der Waals surface area contributed by atoms with Crippen molar-refractivity contribution in [1.82, 2.24) is 9.97 Å². The van der Waals surface area contributed by atoms with E-state index in [0.717, 1.165) is 21.1 Å². The van der Waals surface area contributed by atoms with E-state index >= 15 is 0 Å². The van der Waals surface area contributed by atoms with Gasteiger partial charge in [0.05, 0.1) is 12.1 Å². The number of nitrogens with one attached hydrogen (secondary N) is 1. The Morgan fingerprint density at radius 1 is 1.57 bits per heavy atom. The Labute approximate surface area is 89.8 Å². The average molecular weight is 250 g/mol. The Bertz CT molecular complexity index is 519. The molecule has 70 valence electrons. The number of halogens is 1. The number of H-pyrrole nitrogens is 1. The maximum atomic E-state index is 5.31. The number of hydrogen-bond donors (Lipinski definition) is 2. The Balaban J connectivity index is 2.61. The maximum absolute atomic E-state index is 5.31. The van der Waals surface area contributed by atoms with E-state index in [0.29, 0.717) is 6.54 Å². The minimum atomic E-state index is 0.369. The molecule has 2 rings (SSSR count). The zero-order valence-corrected chi connectivity index (χ0v) is 8.93. The van der Waals surface area contributed by atoms with Crippen LogP contribution in [0.3, 0.4) is 0 Å². The number of pyridine rings is 1. The first-order chi connectivity index (χ1) is 6.81. The van der Waals surface area contributed by atoms with Crippen LogP contribution in [0, 0.1) is 11.8 Å². The Morgan fingerprint density at radius 3 is 3.21 bits per heavy atom. The van der Waals surface area contributed by atoms with Crippen molar-refractivity contribution in [2.75, 3.05) is 6.54 Å². The normalized spacial score (nSPS) is 9.86. The first-order valence-corrected chi connectivity index (χ1v) is 4.92. The molecule has 0 bridgehead atoms. The lowest BCUT2D eigenvalue weighted by Gasteiger charge is -1.90. The molecule has 0 amide bonds. The molecule has 0 aromatic carbocycles. The predicted octanol–water partition coefficient (Wildman–Crippen LogP) is 1.64. The van der Waals surface area contributed by atoms with Crippen LogP contribution < -0.4 is 5.73 Å². The van der Waals surface area contributed by atoms with Crippen LogP contribution in [0.15, 0.2) is 22.9 Å². The molecular weight excluding hydrogens is 242 g/mol. The molecule has 4 heteroatoms. The molecule has 2 heterocycles. The van der Waals surface area contributed by atoms with Crippen molar-refractivity contribution in [3.05, 3.63) is 28.5 Å². The molecule has 0 saturated carbocycles. The number of rotatable bonds is 0. The zero-order chi connectivity index (χ0) is 9.97. The van der Waals surface area contributed by atoms with E-state index in [2.05, 4.69) is 37.7 Å². The highest BCUT2D eigenvalue weighted by Gasteiger charge is 2.02. The molecule has 2 aromatic heterocycles. The lowest BCUT2D eigenvalue weighted by atomic mass is 10.2. The van der Waals surface area contributed by atoms with Gasteiger partial charge in [-0.15, -0.1) is 0 Å². The van der Waals surface area contributed by atoms with Gasteiger partial charge in [0.15, 0.2) is 0 Å². The molecule has 0 unspecified atom stereocenters. The van der Waals surface area contributed by atoms with Crippen molar-refractivity contribution < 1.29 is 0 Å². The van der Waals surface area contributed by atoms with Crippen molar-refractivity contribution >= 4 is 27.0 Å². The molecule has 0 fully saturated rings. The van der Waals surface area contributed by atoms with Crippen molar-refractivity contribution in [1.29, 1.82) is 0 Å². The van der Waals surface area contributed by atoms with E-state index in [-0.39, 0.29) is 0 Å². The molecule has 14 heavy (non-hydrogen) atoms. The van der Waals surface area contributed by atoms with Crippen LogP contribution in [0.4, 0.5) is 0 Å². The summed E-state index contributed by atoms with van der Waals surface area (Å²) in [7, 11) is 0. The topological polar surface area (TPSA) is 54.7 Å². The van der Waals surface area contributed by atoms with Crippen LogP contribution in [-0.4, -0.2) is 16.5 Å². The largest absolute Gasteiger partial charge is 0.345 e. The lowest BCUT2D eigenvalue weighted by Crippen LogP contribution is -1.92. The quantitative estimate of drug-likeness (QED) is 0.698. The number of aromatic nitrogens is 2. The van der Waals surface area contributed by atoms with Crippen LogP contribution >= 0.6 is 15.9 Å². The summed E-state index contributed by atoms with van der Waals surface area (Å²) < 4.78 is 0.945. The highest BCUT2D eigenvalue weighted by molar-refractivity contribution is 9.10. The molecule has 3 N–H and O–H groups in total. The maximum Gasteiger partial charge on any atom is 0.138 e. The molecule has 0 spiro atoms.